The number of aromatic amines is 1. The molecule has 0 aliphatic carbocycles. The highest BCUT2D eigenvalue weighted by Crippen LogP contribution is 2.36. The lowest BCUT2D eigenvalue weighted by Gasteiger charge is -2.17. The first-order chi connectivity index (χ1) is 17.0. The summed E-state index contributed by atoms with van der Waals surface area (Å²) in [5.41, 5.74) is 7.38. The SMILES string of the molecule is C=CCc1cc(/C=C(/C#N)c2nc3ccc(C)cc3[nH]2)cc(OCC)c1OCc1ccc(C)cc1. The van der Waals surface area contributed by atoms with Gasteiger partial charge in [0.25, 0.3) is 0 Å². The molecule has 4 rings (SSSR count). The molecule has 0 spiro atoms. The second-order valence-corrected chi connectivity index (χ2v) is 8.48. The highest BCUT2D eigenvalue weighted by atomic mass is 16.5. The number of hydrogen-bond acceptors (Lipinski definition) is 4. The monoisotopic (exact) mass is 463 g/mol. The van der Waals surface area contributed by atoms with Gasteiger partial charge in [0.2, 0.25) is 0 Å². The summed E-state index contributed by atoms with van der Waals surface area (Å²) in [6.07, 6.45) is 4.27. The smallest absolute Gasteiger partial charge is 0.165 e. The fourth-order valence-corrected chi connectivity index (χ4v) is 3.91. The van der Waals surface area contributed by atoms with Gasteiger partial charge in [-0.15, -0.1) is 6.58 Å². The molecular formula is C30H29N3O2. The van der Waals surface area contributed by atoms with Crippen LogP contribution in [0.1, 0.15) is 40.6 Å². The first-order valence-corrected chi connectivity index (χ1v) is 11.7. The fraction of sp³-hybridized carbons (Fsp3) is 0.200. The van der Waals surface area contributed by atoms with E-state index in [1.165, 1.54) is 5.56 Å². The van der Waals surface area contributed by atoms with Gasteiger partial charge in [0.05, 0.1) is 23.2 Å². The van der Waals surface area contributed by atoms with Gasteiger partial charge in [-0.1, -0.05) is 42.0 Å². The van der Waals surface area contributed by atoms with Crippen molar-refractivity contribution >= 4 is 22.7 Å². The average Bonchev–Trinajstić information content (AvgIpc) is 3.26. The lowest BCUT2D eigenvalue weighted by Crippen LogP contribution is -2.03. The molecule has 0 amide bonds. The summed E-state index contributed by atoms with van der Waals surface area (Å²) in [6, 6.07) is 20.5. The molecule has 4 aromatic rings. The quantitative estimate of drug-likeness (QED) is 0.215. The van der Waals surface area contributed by atoms with Crippen molar-refractivity contribution in [1.29, 1.82) is 5.26 Å². The molecule has 5 nitrogen and oxygen atoms in total. The third kappa shape index (κ3) is 5.62. The zero-order chi connectivity index (χ0) is 24.8. The molecule has 1 aromatic heterocycles. The van der Waals surface area contributed by atoms with Crippen LogP contribution in [0.5, 0.6) is 11.5 Å². The Morgan fingerprint density at radius 1 is 1.06 bits per heavy atom. The summed E-state index contributed by atoms with van der Waals surface area (Å²) >= 11 is 0. The van der Waals surface area contributed by atoms with Crippen LogP contribution < -0.4 is 9.47 Å². The van der Waals surface area contributed by atoms with Crippen LogP contribution in [0.4, 0.5) is 0 Å². The number of benzene rings is 3. The Morgan fingerprint density at radius 2 is 1.83 bits per heavy atom. The number of aryl methyl sites for hydroxylation is 2. The zero-order valence-corrected chi connectivity index (χ0v) is 20.4. The van der Waals surface area contributed by atoms with Crippen molar-refractivity contribution in [3.8, 4) is 17.6 Å². The van der Waals surface area contributed by atoms with Crippen molar-refractivity contribution < 1.29 is 9.47 Å². The third-order valence-corrected chi connectivity index (χ3v) is 5.65. The number of ether oxygens (including phenoxy) is 2. The number of fused-ring (bicyclic) bond motifs is 1. The minimum absolute atomic E-state index is 0.432. The Labute approximate surface area is 206 Å². The highest BCUT2D eigenvalue weighted by molar-refractivity contribution is 5.90. The predicted octanol–water partition coefficient (Wildman–Crippen LogP) is 6.95. The van der Waals surface area contributed by atoms with Crippen LogP contribution >= 0.6 is 0 Å². The molecule has 0 saturated carbocycles. The first-order valence-electron chi connectivity index (χ1n) is 11.7. The molecule has 1 heterocycles. The molecule has 0 saturated heterocycles. The summed E-state index contributed by atoms with van der Waals surface area (Å²) in [5, 5.41) is 9.90. The summed E-state index contributed by atoms with van der Waals surface area (Å²) in [4.78, 5) is 7.87. The second-order valence-electron chi connectivity index (χ2n) is 8.48. The summed E-state index contributed by atoms with van der Waals surface area (Å²) in [6.45, 7) is 10.9. The minimum Gasteiger partial charge on any atom is -0.490 e. The van der Waals surface area contributed by atoms with Crippen molar-refractivity contribution in [2.75, 3.05) is 6.61 Å². The number of imidazole rings is 1. The maximum Gasteiger partial charge on any atom is 0.165 e. The summed E-state index contributed by atoms with van der Waals surface area (Å²) in [7, 11) is 0. The summed E-state index contributed by atoms with van der Waals surface area (Å²) < 4.78 is 12.2. The lowest BCUT2D eigenvalue weighted by molar-refractivity contribution is 0.267. The van der Waals surface area contributed by atoms with Gasteiger partial charge in [-0.05, 0) is 74.2 Å². The number of aromatic nitrogens is 2. The molecule has 0 fully saturated rings. The summed E-state index contributed by atoms with van der Waals surface area (Å²) in [5.74, 6) is 1.88. The molecule has 35 heavy (non-hydrogen) atoms. The fourth-order valence-electron chi connectivity index (χ4n) is 3.91. The van der Waals surface area contributed by atoms with Crippen molar-refractivity contribution in [2.45, 2.75) is 33.8 Å². The van der Waals surface area contributed by atoms with Gasteiger partial charge < -0.3 is 14.5 Å². The normalized spacial score (nSPS) is 11.3. The molecule has 3 aromatic carbocycles. The van der Waals surface area contributed by atoms with Crippen molar-refractivity contribution in [3.05, 3.63) is 101 Å². The van der Waals surface area contributed by atoms with Gasteiger partial charge >= 0.3 is 0 Å². The van der Waals surface area contributed by atoms with Crippen LogP contribution in [-0.2, 0) is 13.0 Å². The van der Waals surface area contributed by atoms with Crippen LogP contribution in [-0.4, -0.2) is 16.6 Å². The highest BCUT2D eigenvalue weighted by Gasteiger charge is 2.15. The molecular weight excluding hydrogens is 434 g/mol. The van der Waals surface area contributed by atoms with E-state index < -0.39 is 0 Å². The molecule has 0 aliphatic heterocycles. The van der Waals surface area contributed by atoms with Gasteiger partial charge in [-0.2, -0.15) is 5.26 Å². The maximum atomic E-state index is 9.90. The van der Waals surface area contributed by atoms with E-state index in [4.69, 9.17) is 9.47 Å². The van der Waals surface area contributed by atoms with Crippen LogP contribution in [0.2, 0.25) is 0 Å². The third-order valence-electron chi connectivity index (χ3n) is 5.65. The van der Waals surface area contributed by atoms with Gasteiger partial charge in [0, 0.05) is 5.56 Å². The first kappa shape index (κ1) is 23.8. The predicted molar refractivity (Wildman–Crippen MR) is 141 cm³/mol. The van der Waals surface area contributed by atoms with Gasteiger partial charge in [-0.25, -0.2) is 4.98 Å². The minimum atomic E-state index is 0.432. The standard InChI is InChI=1S/C30H29N3O2/c1-5-7-24-15-23(16-25(18-31)30-32-26-13-10-21(4)14-27(26)33-30)17-28(34-6-2)29(24)35-19-22-11-8-20(3)9-12-22/h5,8-17H,1,6-7,19H2,2-4H3,(H,32,33)/b25-16-. The number of H-pyrrole nitrogens is 1. The number of nitrogens with one attached hydrogen (secondary N) is 1. The Balaban J connectivity index is 1.71. The molecule has 0 atom stereocenters. The molecule has 176 valence electrons. The van der Waals surface area contributed by atoms with E-state index in [1.54, 1.807) is 0 Å². The number of allylic oxidation sites excluding steroid dienone is 2. The van der Waals surface area contributed by atoms with Gasteiger partial charge in [-0.3, -0.25) is 0 Å². The van der Waals surface area contributed by atoms with E-state index in [1.807, 2.05) is 56.3 Å². The average molecular weight is 464 g/mol. The van der Waals surface area contributed by atoms with E-state index in [0.717, 1.165) is 33.3 Å². The van der Waals surface area contributed by atoms with Crippen molar-refractivity contribution in [2.24, 2.45) is 0 Å². The Hall–Kier alpha value is -4.30. The molecule has 0 unspecified atom stereocenters. The number of nitrogens with zero attached hydrogens (tertiary/aromatic N) is 2. The van der Waals surface area contributed by atoms with Crippen LogP contribution in [0.25, 0.3) is 22.7 Å². The van der Waals surface area contributed by atoms with E-state index in [2.05, 4.69) is 53.8 Å². The van der Waals surface area contributed by atoms with Crippen LogP contribution in [0, 0.1) is 25.2 Å². The topological polar surface area (TPSA) is 70.9 Å². The molecule has 0 radical (unpaired) electrons. The van der Waals surface area contributed by atoms with Crippen LogP contribution in [0.15, 0.2) is 67.3 Å². The van der Waals surface area contributed by atoms with E-state index in [-0.39, 0.29) is 0 Å². The molecule has 1 N–H and O–H groups in total. The van der Waals surface area contributed by atoms with Crippen molar-refractivity contribution in [3.63, 3.8) is 0 Å². The lowest BCUT2D eigenvalue weighted by atomic mass is 10.0. The largest absolute Gasteiger partial charge is 0.490 e. The Bertz CT molecular complexity index is 1420. The van der Waals surface area contributed by atoms with Gasteiger partial charge in [0.15, 0.2) is 11.5 Å². The second kappa shape index (κ2) is 10.8. The zero-order valence-electron chi connectivity index (χ0n) is 20.4. The number of rotatable bonds is 9. The van der Waals surface area contributed by atoms with E-state index >= 15 is 0 Å². The molecule has 0 bridgehead atoms. The van der Waals surface area contributed by atoms with Gasteiger partial charge in [0.1, 0.15) is 18.5 Å². The van der Waals surface area contributed by atoms with E-state index in [0.29, 0.717) is 42.5 Å². The molecule has 5 heteroatoms. The van der Waals surface area contributed by atoms with Crippen molar-refractivity contribution in [1.82, 2.24) is 9.97 Å². The Kier molecular flexibility index (Phi) is 7.32. The Morgan fingerprint density at radius 3 is 2.54 bits per heavy atom. The van der Waals surface area contributed by atoms with E-state index in [9.17, 15) is 5.26 Å². The number of nitriles is 1. The number of hydrogen-bond donors (Lipinski definition) is 1. The molecule has 0 aliphatic rings. The maximum absolute atomic E-state index is 9.90. The van der Waals surface area contributed by atoms with Crippen LogP contribution in [0.3, 0.4) is 0 Å².